The van der Waals surface area contributed by atoms with Crippen LogP contribution in [0, 0.1) is 6.92 Å². The molecule has 0 radical (unpaired) electrons. The highest BCUT2D eigenvalue weighted by Gasteiger charge is 2.18. The van der Waals surface area contributed by atoms with Gasteiger partial charge >= 0.3 is 0 Å². The second kappa shape index (κ2) is 7.41. The molecule has 0 N–H and O–H groups in total. The lowest BCUT2D eigenvalue weighted by atomic mass is 9.95. The van der Waals surface area contributed by atoms with E-state index in [9.17, 15) is 0 Å². The molecule has 0 unspecified atom stereocenters. The van der Waals surface area contributed by atoms with Crippen molar-refractivity contribution >= 4 is 0 Å². The highest BCUT2D eigenvalue weighted by molar-refractivity contribution is 5.10. The molecule has 4 nitrogen and oxygen atoms in total. The summed E-state index contributed by atoms with van der Waals surface area (Å²) in [5.41, 5.74) is 2.63. The van der Waals surface area contributed by atoms with E-state index >= 15 is 0 Å². The van der Waals surface area contributed by atoms with Gasteiger partial charge in [-0.05, 0) is 45.2 Å². The van der Waals surface area contributed by atoms with Crippen LogP contribution in [0.3, 0.4) is 0 Å². The summed E-state index contributed by atoms with van der Waals surface area (Å²) < 4.78 is 7.70. The lowest BCUT2D eigenvalue weighted by Gasteiger charge is -2.26. The van der Waals surface area contributed by atoms with Crippen LogP contribution in [-0.4, -0.2) is 47.5 Å². The highest BCUT2D eigenvalue weighted by Crippen LogP contribution is 2.28. The molecule has 1 aromatic rings. The highest BCUT2D eigenvalue weighted by atomic mass is 16.5. The van der Waals surface area contributed by atoms with Crippen molar-refractivity contribution in [1.82, 2.24) is 14.7 Å². The molecule has 1 aromatic heterocycles. The van der Waals surface area contributed by atoms with Gasteiger partial charge < -0.3 is 4.74 Å². The first-order chi connectivity index (χ1) is 10.3. The molecule has 2 heterocycles. The third-order valence-corrected chi connectivity index (χ3v) is 4.90. The van der Waals surface area contributed by atoms with Gasteiger partial charge in [0.15, 0.2) is 0 Å². The molecule has 0 atom stereocenters. The normalized spacial score (nSPS) is 21.8. The fraction of sp³-hybridized carbons (Fsp3) is 0.824. The van der Waals surface area contributed by atoms with E-state index in [1.54, 1.807) is 0 Å². The van der Waals surface area contributed by atoms with Crippen LogP contribution in [-0.2, 0) is 11.2 Å². The van der Waals surface area contributed by atoms with E-state index in [0.717, 1.165) is 32.7 Å². The minimum absolute atomic E-state index is 0.659. The Balaban J connectivity index is 1.49. The maximum absolute atomic E-state index is 5.39. The molecule has 118 valence electrons. The molecule has 1 aliphatic heterocycles. The van der Waals surface area contributed by atoms with Gasteiger partial charge in [-0.1, -0.05) is 19.3 Å². The molecule has 4 heteroatoms. The Morgan fingerprint density at radius 1 is 1.19 bits per heavy atom. The van der Waals surface area contributed by atoms with Gasteiger partial charge in [-0.3, -0.25) is 9.58 Å². The van der Waals surface area contributed by atoms with E-state index in [1.807, 2.05) is 0 Å². The number of hydrogen-bond acceptors (Lipinski definition) is 3. The summed E-state index contributed by atoms with van der Waals surface area (Å²) in [6, 6.07) is 2.96. The molecule has 21 heavy (non-hydrogen) atoms. The van der Waals surface area contributed by atoms with Crippen molar-refractivity contribution in [3.63, 3.8) is 0 Å². The van der Waals surface area contributed by atoms with Gasteiger partial charge in [0, 0.05) is 18.8 Å². The van der Waals surface area contributed by atoms with Crippen LogP contribution in [0.25, 0.3) is 0 Å². The molecule has 0 spiro atoms. The van der Waals surface area contributed by atoms with E-state index < -0.39 is 0 Å². The topological polar surface area (TPSA) is 30.3 Å². The zero-order valence-electron chi connectivity index (χ0n) is 13.4. The van der Waals surface area contributed by atoms with Gasteiger partial charge in [0.2, 0.25) is 0 Å². The van der Waals surface area contributed by atoms with Crippen LogP contribution in [0.1, 0.15) is 56.0 Å². The quantitative estimate of drug-likeness (QED) is 0.835. The Morgan fingerprint density at radius 3 is 2.71 bits per heavy atom. The number of morpholine rings is 1. The Labute approximate surface area is 128 Å². The summed E-state index contributed by atoms with van der Waals surface area (Å²) in [5, 5.41) is 4.89. The number of rotatable bonds is 5. The molecule has 0 bridgehead atoms. The van der Waals surface area contributed by atoms with E-state index in [0.29, 0.717) is 6.04 Å². The molecular formula is C17H29N3O. The number of aryl methyl sites for hydroxylation is 2. The third-order valence-electron chi connectivity index (χ3n) is 4.90. The average Bonchev–Trinajstić information content (AvgIpc) is 2.90. The molecule has 2 fully saturated rings. The first-order valence-electron chi connectivity index (χ1n) is 8.68. The summed E-state index contributed by atoms with van der Waals surface area (Å²) in [4.78, 5) is 2.51. The summed E-state index contributed by atoms with van der Waals surface area (Å²) in [6.45, 7) is 7.38. The maximum Gasteiger partial charge on any atom is 0.0628 e. The predicted molar refractivity (Wildman–Crippen MR) is 84.7 cm³/mol. The fourth-order valence-electron chi connectivity index (χ4n) is 3.68. The van der Waals surface area contributed by atoms with Crippen LogP contribution < -0.4 is 0 Å². The molecule has 3 rings (SSSR count). The molecule has 0 aromatic carbocycles. The Kier molecular flexibility index (Phi) is 5.31. The van der Waals surface area contributed by atoms with E-state index in [4.69, 9.17) is 9.84 Å². The van der Waals surface area contributed by atoms with Crippen LogP contribution >= 0.6 is 0 Å². The molecule has 2 aliphatic rings. The van der Waals surface area contributed by atoms with Crippen molar-refractivity contribution in [2.75, 3.05) is 32.8 Å². The van der Waals surface area contributed by atoms with Gasteiger partial charge in [-0.25, -0.2) is 0 Å². The predicted octanol–water partition coefficient (Wildman–Crippen LogP) is 2.96. The van der Waals surface area contributed by atoms with Gasteiger partial charge in [-0.2, -0.15) is 5.10 Å². The minimum Gasteiger partial charge on any atom is -0.379 e. The second-order valence-corrected chi connectivity index (χ2v) is 6.57. The SMILES string of the molecule is Cc1cc(CCCN2CCOCC2)nn1C1CCCCC1. The first-order valence-corrected chi connectivity index (χ1v) is 8.68. The summed E-state index contributed by atoms with van der Waals surface area (Å²) in [6.07, 6.45) is 9.10. The monoisotopic (exact) mass is 291 g/mol. The van der Waals surface area contributed by atoms with E-state index in [1.165, 1.54) is 56.5 Å². The van der Waals surface area contributed by atoms with Gasteiger partial charge in [0.05, 0.1) is 24.9 Å². The summed E-state index contributed by atoms with van der Waals surface area (Å²) in [5.74, 6) is 0. The van der Waals surface area contributed by atoms with Crippen molar-refractivity contribution in [3.05, 3.63) is 17.5 Å². The standard InChI is InChI=1S/C17H29N3O/c1-15-14-16(6-5-9-19-10-12-21-13-11-19)18-20(15)17-7-3-2-4-8-17/h14,17H,2-13H2,1H3. The van der Waals surface area contributed by atoms with Gasteiger partial charge in [-0.15, -0.1) is 0 Å². The van der Waals surface area contributed by atoms with Crippen molar-refractivity contribution < 1.29 is 4.74 Å². The molecular weight excluding hydrogens is 262 g/mol. The average molecular weight is 291 g/mol. The van der Waals surface area contributed by atoms with E-state index in [2.05, 4.69) is 22.6 Å². The lowest BCUT2D eigenvalue weighted by molar-refractivity contribution is 0.0374. The number of ether oxygens (including phenoxy) is 1. The van der Waals surface area contributed by atoms with Crippen LogP contribution in [0.5, 0.6) is 0 Å². The minimum atomic E-state index is 0.659. The van der Waals surface area contributed by atoms with Crippen LogP contribution in [0.15, 0.2) is 6.07 Å². The van der Waals surface area contributed by atoms with Crippen molar-refractivity contribution in [2.24, 2.45) is 0 Å². The number of aromatic nitrogens is 2. The van der Waals surface area contributed by atoms with Gasteiger partial charge in [0.1, 0.15) is 0 Å². The fourth-order valence-corrected chi connectivity index (χ4v) is 3.68. The number of nitrogens with zero attached hydrogens (tertiary/aromatic N) is 3. The molecule has 1 aliphatic carbocycles. The smallest absolute Gasteiger partial charge is 0.0628 e. The molecule has 0 amide bonds. The lowest BCUT2D eigenvalue weighted by Crippen LogP contribution is -2.36. The second-order valence-electron chi connectivity index (χ2n) is 6.57. The maximum atomic E-state index is 5.39. The van der Waals surface area contributed by atoms with Crippen molar-refractivity contribution in [2.45, 2.75) is 57.9 Å². The van der Waals surface area contributed by atoms with Crippen molar-refractivity contribution in [3.8, 4) is 0 Å². The van der Waals surface area contributed by atoms with E-state index in [-0.39, 0.29) is 0 Å². The van der Waals surface area contributed by atoms with Crippen molar-refractivity contribution in [1.29, 1.82) is 0 Å². The zero-order valence-corrected chi connectivity index (χ0v) is 13.4. The summed E-state index contributed by atoms with van der Waals surface area (Å²) in [7, 11) is 0. The first kappa shape index (κ1) is 15.0. The molecule has 1 saturated heterocycles. The number of hydrogen-bond donors (Lipinski definition) is 0. The Bertz CT molecular complexity index is 431. The Morgan fingerprint density at radius 2 is 1.95 bits per heavy atom. The largest absolute Gasteiger partial charge is 0.379 e. The molecule has 1 saturated carbocycles. The Hall–Kier alpha value is -0.870. The van der Waals surface area contributed by atoms with Crippen LogP contribution in [0.2, 0.25) is 0 Å². The van der Waals surface area contributed by atoms with Gasteiger partial charge in [0.25, 0.3) is 0 Å². The van der Waals surface area contributed by atoms with Crippen LogP contribution in [0.4, 0.5) is 0 Å². The summed E-state index contributed by atoms with van der Waals surface area (Å²) >= 11 is 0. The third kappa shape index (κ3) is 4.07. The zero-order chi connectivity index (χ0) is 14.5.